The van der Waals surface area contributed by atoms with E-state index in [1.54, 1.807) is 0 Å². The largest absolute Gasteiger partial charge is 0.395 e. The summed E-state index contributed by atoms with van der Waals surface area (Å²) >= 11 is 0. The van der Waals surface area contributed by atoms with Crippen LogP contribution in [0.2, 0.25) is 0 Å². The summed E-state index contributed by atoms with van der Waals surface area (Å²) in [5.41, 5.74) is 1.38. The molecule has 0 aromatic rings. The molecule has 0 aliphatic carbocycles. The standard InChI is InChI=1S/C11H23NO/c1-9(2)6-5-7-10(3)12-11(4)8-13/h6,10-13H,5,7-8H2,1-4H3. The highest BCUT2D eigenvalue weighted by Gasteiger charge is 2.04. The lowest BCUT2D eigenvalue weighted by Gasteiger charge is -2.17. The maximum Gasteiger partial charge on any atom is 0.0582 e. The molecule has 2 atom stereocenters. The Morgan fingerprint density at radius 2 is 1.92 bits per heavy atom. The predicted molar refractivity (Wildman–Crippen MR) is 57.8 cm³/mol. The second kappa shape index (κ2) is 7.10. The van der Waals surface area contributed by atoms with E-state index in [4.69, 9.17) is 5.11 Å². The number of hydrogen-bond acceptors (Lipinski definition) is 2. The number of allylic oxidation sites excluding steroid dienone is 2. The normalized spacial score (nSPS) is 15.2. The second-order valence-corrected chi connectivity index (χ2v) is 4.01. The van der Waals surface area contributed by atoms with Gasteiger partial charge < -0.3 is 10.4 Å². The van der Waals surface area contributed by atoms with Gasteiger partial charge in [-0.1, -0.05) is 11.6 Å². The summed E-state index contributed by atoms with van der Waals surface area (Å²) < 4.78 is 0. The van der Waals surface area contributed by atoms with Crippen LogP contribution in [0.5, 0.6) is 0 Å². The Morgan fingerprint density at radius 3 is 2.38 bits per heavy atom. The van der Waals surface area contributed by atoms with Gasteiger partial charge in [0, 0.05) is 12.1 Å². The van der Waals surface area contributed by atoms with Crippen LogP contribution in [0.1, 0.15) is 40.5 Å². The molecule has 0 spiro atoms. The summed E-state index contributed by atoms with van der Waals surface area (Å²) in [6.07, 6.45) is 4.51. The van der Waals surface area contributed by atoms with E-state index < -0.39 is 0 Å². The minimum absolute atomic E-state index is 0.210. The molecule has 0 heterocycles. The van der Waals surface area contributed by atoms with Gasteiger partial charge in [-0.15, -0.1) is 0 Å². The van der Waals surface area contributed by atoms with E-state index in [2.05, 4.69) is 32.2 Å². The first-order valence-electron chi connectivity index (χ1n) is 5.06. The molecule has 13 heavy (non-hydrogen) atoms. The van der Waals surface area contributed by atoms with Gasteiger partial charge in [-0.05, 0) is 40.5 Å². The van der Waals surface area contributed by atoms with E-state index in [0.717, 1.165) is 12.8 Å². The zero-order valence-electron chi connectivity index (χ0n) is 9.30. The molecule has 0 aromatic carbocycles. The van der Waals surface area contributed by atoms with Crippen molar-refractivity contribution in [3.8, 4) is 0 Å². The molecule has 0 rings (SSSR count). The fraction of sp³-hybridized carbons (Fsp3) is 0.818. The monoisotopic (exact) mass is 185 g/mol. The van der Waals surface area contributed by atoms with E-state index in [-0.39, 0.29) is 12.6 Å². The van der Waals surface area contributed by atoms with Crippen LogP contribution in [0, 0.1) is 0 Å². The maximum atomic E-state index is 8.82. The van der Waals surface area contributed by atoms with Crippen molar-refractivity contribution in [1.82, 2.24) is 5.32 Å². The van der Waals surface area contributed by atoms with Crippen LogP contribution in [0.25, 0.3) is 0 Å². The smallest absolute Gasteiger partial charge is 0.0582 e. The highest BCUT2D eigenvalue weighted by atomic mass is 16.3. The van der Waals surface area contributed by atoms with Crippen molar-refractivity contribution >= 4 is 0 Å². The Kier molecular flexibility index (Phi) is 6.92. The van der Waals surface area contributed by atoms with Crippen molar-refractivity contribution in [3.05, 3.63) is 11.6 Å². The molecule has 2 N–H and O–H groups in total. The quantitative estimate of drug-likeness (QED) is 0.621. The fourth-order valence-electron chi connectivity index (χ4n) is 1.24. The van der Waals surface area contributed by atoms with E-state index in [0.29, 0.717) is 6.04 Å². The molecule has 2 heteroatoms. The highest BCUT2D eigenvalue weighted by Crippen LogP contribution is 2.01. The van der Waals surface area contributed by atoms with Gasteiger partial charge in [0.15, 0.2) is 0 Å². The lowest BCUT2D eigenvalue weighted by molar-refractivity contribution is 0.241. The Balaban J connectivity index is 3.51. The number of nitrogens with one attached hydrogen (secondary N) is 1. The third-order valence-corrected chi connectivity index (χ3v) is 2.00. The predicted octanol–water partition coefficient (Wildman–Crippen LogP) is 2.09. The molecule has 0 fully saturated rings. The van der Waals surface area contributed by atoms with Crippen molar-refractivity contribution in [1.29, 1.82) is 0 Å². The van der Waals surface area contributed by atoms with Crippen LogP contribution in [0.4, 0.5) is 0 Å². The van der Waals surface area contributed by atoms with Crippen LogP contribution in [-0.4, -0.2) is 23.8 Å². The molecule has 78 valence electrons. The van der Waals surface area contributed by atoms with E-state index in [1.807, 2.05) is 6.92 Å². The Morgan fingerprint density at radius 1 is 1.31 bits per heavy atom. The maximum absolute atomic E-state index is 8.82. The minimum Gasteiger partial charge on any atom is -0.395 e. The molecular formula is C11H23NO. The molecule has 2 unspecified atom stereocenters. The van der Waals surface area contributed by atoms with Gasteiger partial charge in [0.05, 0.1) is 6.61 Å². The fourth-order valence-corrected chi connectivity index (χ4v) is 1.24. The lowest BCUT2D eigenvalue weighted by Crippen LogP contribution is -2.36. The minimum atomic E-state index is 0.210. The zero-order valence-corrected chi connectivity index (χ0v) is 9.30. The Bertz CT molecular complexity index is 150. The van der Waals surface area contributed by atoms with Gasteiger partial charge in [0.2, 0.25) is 0 Å². The third kappa shape index (κ3) is 8.00. The number of aliphatic hydroxyl groups excluding tert-OH is 1. The van der Waals surface area contributed by atoms with Crippen LogP contribution in [0.15, 0.2) is 11.6 Å². The van der Waals surface area contributed by atoms with Gasteiger partial charge in [-0.3, -0.25) is 0 Å². The van der Waals surface area contributed by atoms with Gasteiger partial charge in [-0.2, -0.15) is 0 Å². The molecule has 0 saturated carbocycles. The van der Waals surface area contributed by atoms with Crippen LogP contribution in [0.3, 0.4) is 0 Å². The summed E-state index contributed by atoms with van der Waals surface area (Å²) in [7, 11) is 0. The summed E-state index contributed by atoms with van der Waals surface area (Å²) in [6.45, 7) is 8.61. The number of rotatable bonds is 6. The van der Waals surface area contributed by atoms with Crippen molar-refractivity contribution in [2.75, 3.05) is 6.61 Å². The van der Waals surface area contributed by atoms with Gasteiger partial charge >= 0.3 is 0 Å². The average Bonchev–Trinajstić information content (AvgIpc) is 2.03. The summed E-state index contributed by atoms with van der Waals surface area (Å²) in [6, 6.07) is 0.694. The van der Waals surface area contributed by atoms with Crippen molar-refractivity contribution in [2.45, 2.75) is 52.6 Å². The summed E-state index contributed by atoms with van der Waals surface area (Å²) in [5, 5.41) is 12.1. The molecule has 0 bridgehead atoms. The van der Waals surface area contributed by atoms with E-state index in [1.165, 1.54) is 5.57 Å². The molecule has 0 amide bonds. The SMILES string of the molecule is CC(C)=CCCC(C)NC(C)CO. The molecule has 0 aliphatic heterocycles. The molecule has 0 radical (unpaired) electrons. The van der Waals surface area contributed by atoms with E-state index >= 15 is 0 Å². The third-order valence-electron chi connectivity index (χ3n) is 2.00. The van der Waals surface area contributed by atoms with Crippen LogP contribution < -0.4 is 5.32 Å². The molecule has 2 nitrogen and oxygen atoms in total. The van der Waals surface area contributed by atoms with Crippen LogP contribution in [-0.2, 0) is 0 Å². The number of hydrogen-bond donors (Lipinski definition) is 2. The van der Waals surface area contributed by atoms with Crippen molar-refractivity contribution in [3.63, 3.8) is 0 Å². The molecule has 0 aliphatic rings. The van der Waals surface area contributed by atoms with Crippen molar-refractivity contribution in [2.24, 2.45) is 0 Å². The lowest BCUT2D eigenvalue weighted by atomic mass is 10.1. The topological polar surface area (TPSA) is 32.3 Å². The first-order valence-corrected chi connectivity index (χ1v) is 5.06. The molecule has 0 aromatic heterocycles. The summed E-state index contributed by atoms with van der Waals surface area (Å²) in [4.78, 5) is 0. The summed E-state index contributed by atoms with van der Waals surface area (Å²) in [5.74, 6) is 0. The molecular weight excluding hydrogens is 162 g/mol. The van der Waals surface area contributed by atoms with Crippen LogP contribution >= 0.6 is 0 Å². The van der Waals surface area contributed by atoms with E-state index in [9.17, 15) is 0 Å². The Labute approximate surface area is 82.0 Å². The highest BCUT2D eigenvalue weighted by molar-refractivity contribution is 4.93. The first-order chi connectivity index (χ1) is 6.06. The van der Waals surface area contributed by atoms with Gasteiger partial charge in [0.1, 0.15) is 0 Å². The first kappa shape index (κ1) is 12.7. The zero-order chi connectivity index (χ0) is 10.3. The van der Waals surface area contributed by atoms with Crippen molar-refractivity contribution < 1.29 is 5.11 Å². The Hall–Kier alpha value is -0.340. The number of aliphatic hydroxyl groups is 1. The van der Waals surface area contributed by atoms with Gasteiger partial charge in [-0.25, -0.2) is 0 Å². The molecule has 0 saturated heterocycles. The average molecular weight is 185 g/mol. The van der Waals surface area contributed by atoms with Gasteiger partial charge in [0.25, 0.3) is 0 Å². The second-order valence-electron chi connectivity index (χ2n) is 4.01.